The number of hydrogen-bond acceptors (Lipinski definition) is 4. The Kier molecular flexibility index (Phi) is 7.95. The molecule has 0 atom stereocenters. The summed E-state index contributed by atoms with van der Waals surface area (Å²) in [6.45, 7) is 4.13. The molecule has 1 aromatic heterocycles. The van der Waals surface area contributed by atoms with Crippen LogP contribution >= 0.6 is 11.6 Å². The molecule has 0 spiro atoms. The second kappa shape index (κ2) is 10.2. The van der Waals surface area contributed by atoms with Gasteiger partial charge in [-0.2, -0.15) is 5.10 Å². The maximum Gasteiger partial charge on any atom is 0.316 e. The SMILES string of the molecule is CC(C)n1cc(N(CCCO)C(=O)C(=O)NCCc2cc(F)cc(Cl)c2)cn1. The van der Waals surface area contributed by atoms with E-state index in [9.17, 15) is 14.0 Å². The Labute approximate surface area is 168 Å². The fourth-order valence-corrected chi connectivity index (χ4v) is 2.84. The second-order valence-corrected chi connectivity index (χ2v) is 7.03. The number of hydrogen-bond donors (Lipinski definition) is 2. The van der Waals surface area contributed by atoms with Gasteiger partial charge in [0.1, 0.15) is 5.82 Å². The molecule has 2 amide bonds. The Bertz CT molecular complexity index is 805. The number of benzene rings is 1. The molecule has 152 valence electrons. The zero-order valence-electron chi connectivity index (χ0n) is 15.9. The third-order valence-electron chi connectivity index (χ3n) is 4.03. The molecule has 0 aliphatic rings. The average molecular weight is 411 g/mol. The first-order valence-electron chi connectivity index (χ1n) is 9.01. The molecule has 28 heavy (non-hydrogen) atoms. The van der Waals surface area contributed by atoms with E-state index in [2.05, 4.69) is 10.4 Å². The number of nitrogens with one attached hydrogen (secondary N) is 1. The lowest BCUT2D eigenvalue weighted by molar-refractivity contribution is -0.137. The molecule has 0 unspecified atom stereocenters. The van der Waals surface area contributed by atoms with Crippen molar-refractivity contribution >= 4 is 29.1 Å². The van der Waals surface area contributed by atoms with Gasteiger partial charge < -0.3 is 15.3 Å². The Balaban J connectivity index is 2.00. The van der Waals surface area contributed by atoms with Crippen molar-refractivity contribution in [2.24, 2.45) is 0 Å². The van der Waals surface area contributed by atoms with Crippen molar-refractivity contribution < 1.29 is 19.1 Å². The minimum atomic E-state index is -0.780. The van der Waals surface area contributed by atoms with E-state index in [4.69, 9.17) is 16.7 Å². The largest absolute Gasteiger partial charge is 0.396 e. The lowest BCUT2D eigenvalue weighted by atomic mass is 10.1. The monoisotopic (exact) mass is 410 g/mol. The van der Waals surface area contributed by atoms with Gasteiger partial charge in [0.2, 0.25) is 0 Å². The third kappa shape index (κ3) is 6.03. The summed E-state index contributed by atoms with van der Waals surface area (Å²) in [6, 6.07) is 4.24. The molecule has 0 aliphatic carbocycles. The maximum atomic E-state index is 13.4. The van der Waals surface area contributed by atoms with Crippen LogP contribution < -0.4 is 10.2 Å². The van der Waals surface area contributed by atoms with Crippen molar-refractivity contribution in [2.45, 2.75) is 32.7 Å². The molecule has 0 saturated carbocycles. The van der Waals surface area contributed by atoms with Crippen LogP contribution in [0.4, 0.5) is 10.1 Å². The molecule has 2 aromatic rings. The molecule has 0 saturated heterocycles. The average Bonchev–Trinajstić information content (AvgIpc) is 3.11. The zero-order valence-corrected chi connectivity index (χ0v) is 16.6. The number of carbonyl (C=O) groups excluding carboxylic acids is 2. The zero-order chi connectivity index (χ0) is 20.7. The highest BCUT2D eigenvalue weighted by atomic mass is 35.5. The molecule has 9 heteroatoms. The molecular weight excluding hydrogens is 387 g/mol. The van der Waals surface area contributed by atoms with Crippen LogP contribution in [-0.2, 0) is 16.0 Å². The van der Waals surface area contributed by atoms with Crippen molar-refractivity contribution in [3.63, 3.8) is 0 Å². The van der Waals surface area contributed by atoms with Gasteiger partial charge in [-0.3, -0.25) is 14.3 Å². The molecule has 0 radical (unpaired) electrons. The Morgan fingerprint density at radius 2 is 2.11 bits per heavy atom. The first-order valence-corrected chi connectivity index (χ1v) is 9.39. The van der Waals surface area contributed by atoms with Crippen LogP contribution in [-0.4, -0.2) is 46.4 Å². The van der Waals surface area contributed by atoms with E-state index in [0.717, 1.165) is 0 Å². The molecule has 0 bridgehead atoms. The molecule has 1 aromatic carbocycles. The smallest absolute Gasteiger partial charge is 0.316 e. The van der Waals surface area contributed by atoms with Gasteiger partial charge in [-0.15, -0.1) is 0 Å². The second-order valence-electron chi connectivity index (χ2n) is 6.59. The van der Waals surface area contributed by atoms with Crippen LogP contribution in [0.15, 0.2) is 30.6 Å². The number of rotatable bonds is 8. The first-order chi connectivity index (χ1) is 13.3. The number of aromatic nitrogens is 2. The molecule has 2 N–H and O–H groups in total. The van der Waals surface area contributed by atoms with Crippen molar-refractivity contribution in [1.29, 1.82) is 0 Å². The summed E-state index contributed by atoms with van der Waals surface area (Å²) in [5.74, 6) is -1.98. The quantitative estimate of drug-likeness (QED) is 0.654. The van der Waals surface area contributed by atoms with Gasteiger partial charge in [0.15, 0.2) is 0 Å². The Morgan fingerprint density at radius 1 is 1.36 bits per heavy atom. The van der Waals surface area contributed by atoms with Crippen LogP contribution in [0.25, 0.3) is 0 Å². The van der Waals surface area contributed by atoms with E-state index in [-0.39, 0.29) is 30.8 Å². The predicted molar refractivity (Wildman–Crippen MR) is 105 cm³/mol. The Morgan fingerprint density at radius 3 is 2.71 bits per heavy atom. The minimum absolute atomic E-state index is 0.107. The summed E-state index contributed by atoms with van der Waals surface area (Å²) in [7, 11) is 0. The van der Waals surface area contributed by atoms with E-state index >= 15 is 0 Å². The van der Waals surface area contributed by atoms with Crippen molar-refractivity contribution in [1.82, 2.24) is 15.1 Å². The summed E-state index contributed by atoms with van der Waals surface area (Å²) in [6.07, 6.45) is 3.85. The van der Waals surface area contributed by atoms with Gasteiger partial charge in [0.05, 0.1) is 11.9 Å². The van der Waals surface area contributed by atoms with Gasteiger partial charge in [0, 0.05) is 37.0 Å². The van der Waals surface area contributed by atoms with Gasteiger partial charge in [-0.1, -0.05) is 11.6 Å². The Hall–Kier alpha value is -2.45. The number of carbonyl (C=O) groups is 2. The number of halogens is 2. The number of aliphatic hydroxyl groups is 1. The summed E-state index contributed by atoms with van der Waals surface area (Å²) in [5.41, 5.74) is 1.10. The van der Waals surface area contributed by atoms with Gasteiger partial charge in [-0.05, 0) is 50.5 Å². The molecule has 0 fully saturated rings. The topological polar surface area (TPSA) is 87.5 Å². The fraction of sp³-hybridized carbons (Fsp3) is 0.421. The summed E-state index contributed by atoms with van der Waals surface area (Å²) in [5, 5.41) is 16.1. The van der Waals surface area contributed by atoms with E-state index in [0.29, 0.717) is 24.1 Å². The number of anilines is 1. The van der Waals surface area contributed by atoms with E-state index in [1.807, 2.05) is 13.8 Å². The summed E-state index contributed by atoms with van der Waals surface area (Å²) < 4.78 is 15.0. The third-order valence-corrected chi connectivity index (χ3v) is 4.25. The first kappa shape index (κ1) is 21.8. The van der Waals surface area contributed by atoms with Crippen molar-refractivity contribution in [2.75, 3.05) is 24.6 Å². The molecule has 1 heterocycles. The fourth-order valence-electron chi connectivity index (χ4n) is 2.60. The lowest BCUT2D eigenvalue weighted by Gasteiger charge is -2.20. The highest BCUT2D eigenvalue weighted by Gasteiger charge is 2.24. The van der Waals surface area contributed by atoms with Crippen LogP contribution in [0, 0.1) is 5.82 Å². The molecule has 7 nitrogen and oxygen atoms in total. The van der Waals surface area contributed by atoms with Crippen LogP contribution in [0.2, 0.25) is 5.02 Å². The normalized spacial score (nSPS) is 10.9. The van der Waals surface area contributed by atoms with E-state index in [1.54, 1.807) is 16.9 Å². The number of amides is 2. The van der Waals surface area contributed by atoms with Crippen LogP contribution in [0.3, 0.4) is 0 Å². The maximum absolute atomic E-state index is 13.4. The van der Waals surface area contributed by atoms with Crippen molar-refractivity contribution in [3.05, 3.63) is 47.0 Å². The van der Waals surface area contributed by atoms with Gasteiger partial charge in [0.25, 0.3) is 0 Å². The lowest BCUT2D eigenvalue weighted by Crippen LogP contribution is -2.44. The van der Waals surface area contributed by atoms with Crippen LogP contribution in [0.5, 0.6) is 0 Å². The molecule has 2 rings (SSSR count). The highest BCUT2D eigenvalue weighted by molar-refractivity contribution is 6.40. The minimum Gasteiger partial charge on any atom is -0.396 e. The van der Waals surface area contributed by atoms with Gasteiger partial charge >= 0.3 is 11.8 Å². The summed E-state index contributed by atoms with van der Waals surface area (Å²) >= 11 is 5.81. The molecular formula is C19H24ClFN4O3. The number of nitrogens with zero attached hydrogens (tertiary/aromatic N) is 3. The standard InChI is InChI=1S/C19H24ClFN4O3/c1-13(2)25-12-17(11-23-25)24(6-3-7-26)19(28)18(27)22-5-4-14-8-15(20)10-16(21)9-14/h8-13,26H,3-7H2,1-2H3,(H,22,27). The predicted octanol–water partition coefficient (Wildman–Crippen LogP) is 2.33. The van der Waals surface area contributed by atoms with Crippen molar-refractivity contribution in [3.8, 4) is 0 Å². The van der Waals surface area contributed by atoms with Crippen LogP contribution in [0.1, 0.15) is 31.9 Å². The highest BCUT2D eigenvalue weighted by Crippen LogP contribution is 2.17. The van der Waals surface area contributed by atoms with E-state index < -0.39 is 17.6 Å². The number of aliphatic hydroxyl groups excluding tert-OH is 1. The molecule has 0 aliphatic heterocycles. The van der Waals surface area contributed by atoms with Gasteiger partial charge in [-0.25, -0.2) is 4.39 Å². The summed E-state index contributed by atoms with van der Waals surface area (Å²) in [4.78, 5) is 26.2. The van der Waals surface area contributed by atoms with E-state index in [1.165, 1.54) is 23.2 Å².